The first-order chi connectivity index (χ1) is 9.99. The molecule has 5 nitrogen and oxygen atoms in total. The van der Waals surface area contributed by atoms with Gasteiger partial charge < -0.3 is 5.32 Å². The lowest BCUT2D eigenvalue weighted by Gasteiger charge is -2.11. The molecule has 21 heavy (non-hydrogen) atoms. The second-order valence-corrected chi connectivity index (χ2v) is 5.53. The molecule has 2 aromatic carbocycles. The van der Waals surface area contributed by atoms with Crippen molar-refractivity contribution in [3.8, 4) is 0 Å². The number of rotatable bonds is 4. The van der Waals surface area contributed by atoms with Crippen molar-refractivity contribution < 1.29 is 9.72 Å². The number of carbonyl (C=O) groups is 1. The number of amides is 1. The summed E-state index contributed by atoms with van der Waals surface area (Å²) in [4.78, 5) is 22.5. The van der Waals surface area contributed by atoms with Gasteiger partial charge in [0.15, 0.2) is 0 Å². The molecular weight excluding hydrogens is 360 g/mol. The molecule has 1 atom stereocenters. The van der Waals surface area contributed by atoms with Crippen LogP contribution in [0.3, 0.4) is 0 Å². The SMILES string of the molecule is O=C(Nc1ccc(Br)cc1[N+](=O)[O-])C(Cl)c1ccccc1. The van der Waals surface area contributed by atoms with E-state index in [9.17, 15) is 14.9 Å². The molecular formula is C14H10BrClN2O3. The number of hydrogen-bond acceptors (Lipinski definition) is 3. The smallest absolute Gasteiger partial charge is 0.293 e. The van der Waals surface area contributed by atoms with Gasteiger partial charge in [-0.15, -0.1) is 11.6 Å². The summed E-state index contributed by atoms with van der Waals surface area (Å²) in [5.41, 5.74) is 0.529. The molecule has 1 unspecified atom stereocenters. The van der Waals surface area contributed by atoms with Crippen molar-refractivity contribution in [3.05, 3.63) is 68.7 Å². The Hall–Kier alpha value is -1.92. The Morgan fingerprint density at radius 3 is 2.52 bits per heavy atom. The van der Waals surface area contributed by atoms with Crippen LogP contribution in [0.5, 0.6) is 0 Å². The quantitative estimate of drug-likeness (QED) is 0.497. The lowest BCUT2D eigenvalue weighted by molar-refractivity contribution is -0.384. The summed E-state index contributed by atoms with van der Waals surface area (Å²) >= 11 is 9.23. The van der Waals surface area contributed by atoms with Crippen molar-refractivity contribution in [1.29, 1.82) is 0 Å². The van der Waals surface area contributed by atoms with Crippen LogP contribution in [0.15, 0.2) is 53.0 Å². The van der Waals surface area contributed by atoms with Crippen LogP contribution in [0.2, 0.25) is 0 Å². The topological polar surface area (TPSA) is 72.2 Å². The zero-order valence-corrected chi connectivity index (χ0v) is 13.0. The number of benzene rings is 2. The third-order valence-corrected chi connectivity index (χ3v) is 3.68. The average Bonchev–Trinajstić information content (AvgIpc) is 2.49. The van der Waals surface area contributed by atoms with Gasteiger partial charge in [-0.3, -0.25) is 14.9 Å². The third-order valence-electron chi connectivity index (χ3n) is 2.74. The molecule has 0 aliphatic heterocycles. The molecule has 2 aromatic rings. The number of carbonyl (C=O) groups excluding carboxylic acids is 1. The van der Waals surface area contributed by atoms with Crippen molar-refractivity contribution in [1.82, 2.24) is 0 Å². The highest BCUT2D eigenvalue weighted by Crippen LogP contribution is 2.30. The van der Waals surface area contributed by atoms with Gasteiger partial charge in [0, 0.05) is 10.5 Å². The van der Waals surface area contributed by atoms with Crippen LogP contribution >= 0.6 is 27.5 Å². The van der Waals surface area contributed by atoms with Crippen molar-refractivity contribution in [2.75, 3.05) is 5.32 Å². The molecule has 2 rings (SSSR count). The van der Waals surface area contributed by atoms with Crippen molar-refractivity contribution >= 4 is 44.8 Å². The van der Waals surface area contributed by atoms with Crippen LogP contribution in [0.1, 0.15) is 10.9 Å². The molecule has 0 heterocycles. The number of nitrogens with zero attached hydrogens (tertiary/aromatic N) is 1. The van der Waals surface area contributed by atoms with Crippen molar-refractivity contribution in [2.45, 2.75) is 5.38 Å². The van der Waals surface area contributed by atoms with E-state index in [-0.39, 0.29) is 11.4 Å². The molecule has 108 valence electrons. The summed E-state index contributed by atoms with van der Waals surface area (Å²) in [5.74, 6) is -0.520. The van der Waals surface area contributed by atoms with E-state index in [0.29, 0.717) is 10.0 Å². The van der Waals surface area contributed by atoms with E-state index in [1.807, 2.05) is 6.07 Å². The molecule has 1 amide bonds. The lowest BCUT2D eigenvalue weighted by Crippen LogP contribution is -2.18. The van der Waals surface area contributed by atoms with Gasteiger partial charge in [0.05, 0.1) is 4.92 Å². The highest BCUT2D eigenvalue weighted by atomic mass is 79.9. The fourth-order valence-electron chi connectivity index (χ4n) is 1.73. The molecule has 0 saturated carbocycles. The van der Waals surface area contributed by atoms with Crippen LogP contribution < -0.4 is 5.32 Å². The van der Waals surface area contributed by atoms with E-state index in [0.717, 1.165) is 0 Å². The summed E-state index contributed by atoms with van der Waals surface area (Å²) < 4.78 is 0.553. The maximum absolute atomic E-state index is 12.1. The number of nitro benzene ring substituents is 1. The number of nitrogens with one attached hydrogen (secondary N) is 1. The van der Waals surface area contributed by atoms with E-state index in [1.54, 1.807) is 30.3 Å². The monoisotopic (exact) mass is 368 g/mol. The van der Waals surface area contributed by atoms with Crippen LogP contribution in [0.4, 0.5) is 11.4 Å². The van der Waals surface area contributed by atoms with Gasteiger partial charge >= 0.3 is 0 Å². The highest BCUT2D eigenvalue weighted by Gasteiger charge is 2.21. The molecule has 1 N–H and O–H groups in total. The summed E-state index contributed by atoms with van der Waals surface area (Å²) in [7, 11) is 0. The van der Waals surface area contributed by atoms with Gasteiger partial charge in [-0.25, -0.2) is 0 Å². The van der Waals surface area contributed by atoms with Gasteiger partial charge in [-0.1, -0.05) is 46.3 Å². The van der Waals surface area contributed by atoms with Gasteiger partial charge in [0.25, 0.3) is 5.69 Å². The Balaban J connectivity index is 2.22. The summed E-state index contributed by atoms with van der Waals surface area (Å²) in [6.45, 7) is 0. The second-order valence-electron chi connectivity index (χ2n) is 4.18. The van der Waals surface area contributed by atoms with Crippen molar-refractivity contribution in [2.24, 2.45) is 0 Å². The number of anilines is 1. The van der Waals surface area contributed by atoms with Crippen LogP contribution in [-0.4, -0.2) is 10.8 Å². The number of hydrogen-bond donors (Lipinski definition) is 1. The highest BCUT2D eigenvalue weighted by molar-refractivity contribution is 9.10. The van der Waals surface area contributed by atoms with E-state index >= 15 is 0 Å². The lowest BCUT2D eigenvalue weighted by atomic mass is 10.1. The minimum Gasteiger partial charge on any atom is -0.319 e. The number of halogens is 2. The summed E-state index contributed by atoms with van der Waals surface area (Å²) in [6.07, 6.45) is 0. The van der Waals surface area contributed by atoms with E-state index < -0.39 is 16.2 Å². The Morgan fingerprint density at radius 2 is 1.90 bits per heavy atom. The summed E-state index contributed by atoms with van der Waals surface area (Å²) in [6, 6.07) is 13.1. The summed E-state index contributed by atoms with van der Waals surface area (Å²) in [5, 5.41) is 12.6. The normalized spacial score (nSPS) is 11.7. The standard InChI is InChI=1S/C14H10BrClN2O3/c15-10-6-7-11(12(8-10)18(20)21)17-14(19)13(16)9-4-2-1-3-5-9/h1-8,13H,(H,17,19). The van der Waals surface area contributed by atoms with Gasteiger partial charge in [0.1, 0.15) is 11.1 Å². The van der Waals surface area contributed by atoms with Gasteiger partial charge in [0.2, 0.25) is 5.91 Å². The maximum Gasteiger partial charge on any atom is 0.293 e. The first-order valence-electron chi connectivity index (χ1n) is 5.93. The molecule has 0 radical (unpaired) electrons. The third kappa shape index (κ3) is 3.80. The van der Waals surface area contributed by atoms with Gasteiger partial charge in [-0.05, 0) is 17.7 Å². The second kappa shape index (κ2) is 6.69. The molecule has 0 aliphatic carbocycles. The molecule has 0 saturated heterocycles. The fourth-order valence-corrected chi connectivity index (χ4v) is 2.28. The molecule has 0 spiro atoms. The minimum absolute atomic E-state index is 0.106. The van der Waals surface area contributed by atoms with Crippen molar-refractivity contribution in [3.63, 3.8) is 0 Å². The Labute approximate surface area is 134 Å². The predicted octanol–water partition coefficient (Wildman–Crippen LogP) is 4.28. The maximum atomic E-state index is 12.1. The molecule has 0 aliphatic rings. The largest absolute Gasteiger partial charge is 0.319 e. The molecule has 0 bridgehead atoms. The average molecular weight is 370 g/mol. The predicted molar refractivity (Wildman–Crippen MR) is 84.5 cm³/mol. The van der Waals surface area contributed by atoms with E-state index in [1.165, 1.54) is 12.1 Å². The zero-order chi connectivity index (χ0) is 15.4. The fraction of sp³-hybridized carbons (Fsp3) is 0.0714. The minimum atomic E-state index is -0.922. The first kappa shape index (κ1) is 15.5. The van der Waals surface area contributed by atoms with E-state index in [2.05, 4.69) is 21.2 Å². The molecule has 7 heteroatoms. The van der Waals surface area contributed by atoms with E-state index in [4.69, 9.17) is 11.6 Å². The van der Waals surface area contributed by atoms with Crippen LogP contribution in [0.25, 0.3) is 0 Å². The van der Waals surface area contributed by atoms with Gasteiger partial charge in [-0.2, -0.15) is 0 Å². The Kier molecular flexibility index (Phi) is 4.93. The molecule has 0 fully saturated rings. The number of alkyl halides is 1. The zero-order valence-electron chi connectivity index (χ0n) is 10.6. The van der Waals surface area contributed by atoms with Crippen LogP contribution in [0, 0.1) is 10.1 Å². The Morgan fingerprint density at radius 1 is 1.24 bits per heavy atom. The van der Waals surface area contributed by atoms with Crippen LogP contribution in [-0.2, 0) is 4.79 Å². The first-order valence-corrected chi connectivity index (χ1v) is 7.16. The Bertz CT molecular complexity index is 679. The number of nitro groups is 1. The molecule has 0 aromatic heterocycles.